The van der Waals surface area contributed by atoms with E-state index in [2.05, 4.69) is 0 Å². The van der Waals surface area contributed by atoms with Crippen LogP contribution in [0.4, 0.5) is 0 Å². The SMILES string of the molecule is C[C@@H]1OC(O)(CO)[C@@H](O)[C@H]1O. The van der Waals surface area contributed by atoms with Gasteiger partial charge in [0.2, 0.25) is 5.79 Å². The van der Waals surface area contributed by atoms with Gasteiger partial charge in [-0.15, -0.1) is 0 Å². The van der Waals surface area contributed by atoms with Crippen molar-refractivity contribution in [2.45, 2.75) is 31.0 Å². The summed E-state index contributed by atoms with van der Waals surface area (Å²) in [6, 6.07) is 0. The van der Waals surface area contributed by atoms with Gasteiger partial charge in [-0.1, -0.05) is 0 Å². The molecule has 5 nitrogen and oxygen atoms in total. The maximum atomic E-state index is 9.23. The Morgan fingerprint density at radius 1 is 1.45 bits per heavy atom. The Morgan fingerprint density at radius 2 is 2.00 bits per heavy atom. The normalized spacial score (nSPS) is 51.5. The molecule has 1 fully saturated rings. The molecule has 0 bridgehead atoms. The van der Waals surface area contributed by atoms with Crippen LogP contribution in [0.5, 0.6) is 0 Å². The predicted octanol–water partition coefficient (Wildman–Crippen LogP) is -2.19. The van der Waals surface area contributed by atoms with Crippen molar-refractivity contribution in [2.75, 3.05) is 6.61 Å². The van der Waals surface area contributed by atoms with E-state index in [1.54, 1.807) is 0 Å². The van der Waals surface area contributed by atoms with Crippen LogP contribution in [0.1, 0.15) is 6.92 Å². The Balaban J connectivity index is 2.73. The van der Waals surface area contributed by atoms with Crippen molar-refractivity contribution in [3.63, 3.8) is 0 Å². The summed E-state index contributed by atoms with van der Waals surface area (Å²) < 4.78 is 4.73. The summed E-state index contributed by atoms with van der Waals surface area (Å²) in [5, 5.41) is 36.0. The van der Waals surface area contributed by atoms with Crippen LogP contribution >= 0.6 is 0 Å². The molecule has 0 aromatic heterocycles. The molecule has 0 aromatic rings. The number of hydrogen-bond donors (Lipinski definition) is 4. The molecule has 5 heteroatoms. The van der Waals surface area contributed by atoms with Gasteiger partial charge in [0.15, 0.2) is 0 Å². The van der Waals surface area contributed by atoms with Crippen molar-refractivity contribution in [3.05, 3.63) is 0 Å². The minimum absolute atomic E-state index is 0.665. The lowest BCUT2D eigenvalue weighted by molar-refractivity contribution is -0.243. The molecular weight excluding hydrogens is 152 g/mol. The molecule has 4 N–H and O–H groups in total. The standard InChI is InChI=1S/C6H12O5/c1-3-4(8)5(9)6(10,2-7)11-3/h3-5,7-10H,2H2,1H3/t3-,4-,5-,6?/m0/s1. The van der Waals surface area contributed by atoms with E-state index >= 15 is 0 Å². The van der Waals surface area contributed by atoms with Gasteiger partial charge in [-0.2, -0.15) is 0 Å². The average Bonchev–Trinajstić information content (AvgIpc) is 2.17. The van der Waals surface area contributed by atoms with Gasteiger partial charge in [-0.25, -0.2) is 0 Å². The summed E-state index contributed by atoms with van der Waals surface area (Å²) in [4.78, 5) is 0. The Hall–Kier alpha value is -0.200. The quantitative estimate of drug-likeness (QED) is 0.353. The van der Waals surface area contributed by atoms with Gasteiger partial charge in [-0.05, 0) is 6.92 Å². The molecule has 1 heterocycles. The third-order valence-electron chi connectivity index (χ3n) is 1.88. The average molecular weight is 164 g/mol. The lowest BCUT2D eigenvalue weighted by Crippen LogP contribution is -2.46. The fourth-order valence-corrected chi connectivity index (χ4v) is 1.12. The molecule has 1 aliphatic rings. The molecule has 0 radical (unpaired) electrons. The second-order valence-corrected chi connectivity index (χ2v) is 2.76. The van der Waals surface area contributed by atoms with Crippen LogP contribution in [-0.4, -0.2) is 51.1 Å². The molecule has 66 valence electrons. The van der Waals surface area contributed by atoms with Crippen molar-refractivity contribution in [1.29, 1.82) is 0 Å². The van der Waals surface area contributed by atoms with E-state index in [9.17, 15) is 5.11 Å². The number of ether oxygens (including phenoxy) is 1. The van der Waals surface area contributed by atoms with Crippen LogP contribution in [0.3, 0.4) is 0 Å². The summed E-state index contributed by atoms with van der Waals surface area (Å²) in [7, 11) is 0. The summed E-state index contributed by atoms with van der Waals surface area (Å²) in [6.07, 6.45) is -3.25. The van der Waals surface area contributed by atoms with E-state index in [4.69, 9.17) is 20.1 Å². The molecule has 0 saturated carbocycles. The van der Waals surface area contributed by atoms with E-state index in [1.807, 2.05) is 0 Å². The highest BCUT2D eigenvalue weighted by molar-refractivity contribution is 4.93. The Labute approximate surface area is 63.8 Å². The first-order valence-electron chi connectivity index (χ1n) is 3.38. The molecule has 1 unspecified atom stereocenters. The van der Waals surface area contributed by atoms with Crippen molar-refractivity contribution in [1.82, 2.24) is 0 Å². The van der Waals surface area contributed by atoms with Crippen LogP contribution in [0.15, 0.2) is 0 Å². The van der Waals surface area contributed by atoms with Gasteiger partial charge < -0.3 is 25.2 Å². The number of rotatable bonds is 1. The van der Waals surface area contributed by atoms with E-state index in [-0.39, 0.29) is 0 Å². The van der Waals surface area contributed by atoms with Gasteiger partial charge >= 0.3 is 0 Å². The van der Waals surface area contributed by atoms with Crippen LogP contribution in [0.2, 0.25) is 0 Å². The minimum Gasteiger partial charge on any atom is -0.391 e. The fourth-order valence-electron chi connectivity index (χ4n) is 1.12. The minimum atomic E-state index is -2.00. The van der Waals surface area contributed by atoms with Crippen LogP contribution < -0.4 is 0 Å². The third kappa shape index (κ3) is 1.25. The molecule has 11 heavy (non-hydrogen) atoms. The molecule has 1 rings (SSSR count). The van der Waals surface area contributed by atoms with E-state index in [0.717, 1.165) is 0 Å². The van der Waals surface area contributed by atoms with Gasteiger partial charge in [0, 0.05) is 0 Å². The highest BCUT2D eigenvalue weighted by atomic mass is 16.7. The van der Waals surface area contributed by atoms with Crippen molar-refractivity contribution < 1.29 is 25.2 Å². The van der Waals surface area contributed by atoms with Crippen molar-refractivity contribution in [2.24, 2.45) is 0 Å². The van der Waals surface area contributed by atoms with Gasteiger partial charge in [0.25, 0.3) is 0 Å². The molecule has 0 aromatic carbocycles. The summed E-state index contributed by atoms with van der Waals surface area (Å²) >= 11 is 0. The van der Waals surface area contributed by atoms with Crippen molar-refractivity contribution in [3.8, 4) is 0 Å². The second kappa shape index (κ2) is 2.69. The zero-order chi connectivity index (χ0) is 8.65. The second-order valence-electron chi connectivity index (χ2n) is 2.76. The Morgan fingerprint density at radius 3 is 2.18 bits per heavy atom. The van der Waals surface area contributed by atoms with Crippen LogP contribution in [-0.2, 0) is 4.74 Å². The van der Waals surface area contributed by atoms with Gasteiger partial charge in [-0.3, -0.25) is 0 Å². The van der Waals surface area contributed by atoms with Gasteiger partial charge in [0.05, 0.1) is 12.7 Å². The topological polar surface area (TPSA) is 90.2 Å². The number of hydrogen-bond acceptors (Lipinski definition) is 5. The molecule has 1 saturated heterocycles. The zero-order valence-corrected chi connectivity index (χ0v) is 6.14. The summed E-state index contributed by atoms with van der Waals surface area (Å²) in [5.41, 5.74) is 0. The zero-order valence-electron chi connectivity index (χ0n) is 6.14. The lowest BCUT2D eigenvalue weighted by atomic mass is 10.1. The maximum absolute atomic E-state index is 9.23. The van der Waals surface area contributed by atoms with Crippen molar-refractivity contribution >= 4 is 0 Å². The predicted molar refractivity (Wildman–Crippen MR) is 34.6 cm³/mol. The number of aliphatic hydroxyl groups is 4. The molecular formula is C6H12O5. The first-order valence-corrected chi connectivity index (χ1v) is 3.38. The lowest BCUT2D eigenvalue weighted by Gasteiger charge is -2.22. The molecule has 1 aliphatic heterocycles. The third-order valence-corrected chi connectivity index (χ3v) is 1.88. The maximum Gasteiger partial charge on any atom is 0.219 e. The largest absolute Gasteiger partial charge is 0.391 e. The molecule has 0 spiro atoms. The van der Waals surface area contributed by atoms with Crippen LogP contribution in [0, 0.1) is 0 Å². The van der Waals surface area contributed by atoms with Crippen LogP contribution in [0.25, 0.3) is 0 Å². The fraction of sp³-hybridized carbons (Fsp3) is 1.00. The monoisotopic (exact) mass is 164 g/mol. The number of aliphatic hydroxyl groups excluding tert-OH is 3. The molecule has 4 atom stereocenters. The van der Waals surface area contributed by atoms with E-state index in [1.165, 1.54) is 6.92 Å². The van der Waals surface area contributed by atoms with E-state index in [0.29, 0.717) is 0 Å². The molecule has 0 aliphatic carbocycles. The summed E-state index contributed by atoms with van der Waals surface area (Å²) in [6.45, 7) is 0.775. The summed E-state index contributed by atoms with van der Waals surface area (Å²) in [5.74, 6) is -2.00. The Bertz CT molecular complexity index is 150. The Kier molecular flexibility index (Phi) is 2.17. The first-order chi connectivity index (χ1) is 5.01. The highest BCUT2D eigenvalue weighted by Gasteiger charge is 2.51. The first kappa shape index (κ1) is 8.89. The highest BCUT2D eigenvalue weighted by Crippen LogP contribution is 2.28. The van der Waals surface area contributed by atoms with E-state index < -0.39 is 30.7 Å². The smallest absolute Gasteiger partial charge is 0.219 e. The molecule has 0 amide bonds. The van der Waals surface area contributed by atoms with Gasteiger partial charge in [0.1, 0.15) is 12.2 Å².